The van der Waals surface area contributed by atoms with Gasteiger partial charge in [-0.15, -0.1) is 0 Å². The van der Waals surface area contributed by atoms with E-state index in [1.54, 1.807) is 0 Å². The summed E-state index contributed by atoms with van der Waals surface area (Å²) in [5.41, 5.74) is 1.24. The summed E-state index contributed by atoms with van der Waals surface area (Å²) >= 11 is 0. The lowest BCUT2D eigenvalue weighted by Gasteiger charge is -2.39. The van der Waals surface area contributed by atoms with Crippen molar-refractivity contribution in [2.45, 2.75) is 39.2 Å². The lowest BCUT2D eigenvalue weighted by Crippen LogP contribution is -2.45. The van der Waals surface area contributed by atoms with Crippen LogP contribution in [0.15, 0.2) is 24.7 Å². The second-order valence-electron chi connectivity index (χ2n) is 3.79. The second-order valence-corrected chi connectivity index (χ2v) is 3.79. The zero-order chi connectivity index (χ0) is 10.7. The maximum Gasteiger partial charge on any atom is 0.0980 e. The van der Waals surface area contributed by atoms with Crippen LogP contribution in [0.2, 0.25) is 0 Å². The second kappa shape index (κ2) is 4.54. The molecule has 2 heteroatoms. The fourth-order valence-corrected chi connectivity index (χ4v) is 2.26. The van der Waals surface area contributed by atoms with E-state index < -0.39 is 0 Å². The number of nitrogens with zero attached hydrogens (tertiary/aromatic N) is 1. The summed E-state index contributed by atoms with van der Waals surface area (Å²) in [7, 11) is 2.03. The summed E-state index contributed by atoms with van der Waals surface area (Å²) in [5.74, 6) is 1.66. The molecule has 80 valence electrons. The van der Waals surface area contributed by atoms with E-state index in [0.717, 1.165) is 5.82 Å². The smallest absolute Gasteiger partial charge is 0.0980 e. The van der Waals surface area contributed by atoms with Crippen LogP contribution < -0.4 is 5.32 Å². The molecule has 0 radical (unpaired) electrons. The molecule has 2 fully saturated rings. The molecule has 2 unspecified atom stereocenters. The Morgan fingerprint density at radius 1 is 1.29 bits per heavy atom. The highest BCUT2D eigenvalue weighted by Crippen LogP contribution is 2.36. The Kier molecular flexibility index (Phi) is 3.62. The third-order valence-electron chi connectivity index (χ3n) is 3.13. The van der Waals surface area contributed by atoms with Crippen LogP contribution in [0.25, 0.3) is 0 Å². The fourth-order valence-electron chi connectivity index (χ4n) is 2.26. The van der Waals surface area contributed by atoms with E-state index in [4.69, 9.17) is 0 Å². The van der Waals surface area contributed by atoms with Crippen molar-refractivity contribution in [1.82, 2.24) is 10.2 Å². The van der Waals surface area contributed by atoms with Crippen molar-refractivity contribution in [3.8, 4) is 0 Å². The standard InChI is InChI=1S/C10H16N2.C2H6/c1-7-9-5-4-6-10(9)11-8(2)12(7)3;1-2/h9-11H,1-2,4-6H2,3H3;1-2H3. The van der Waals surface area contributed by atoms with Gasteiger partial charge in [0.2, 0.25) is 0 Å². The van der Waals surface area contributed by atoms with E-state index in [9.17, 15) is 0 Å². The zero-order valence-electron chi connectivity index (χ0n) is 9.64. The van der Waals surface area contributed by atoms with Crippen molar-refractivity contribution in [1.29, 1.82) is 0 Å². The average molecular weight is 194 g/mol. The van der Waals surface area contributed by atoms with Crippen LogP contribution >= 0.6 is 0 Å². The summed E-state index contributed by atoms with van der Waals surface area (Å²) in [5, 5.41) is 3.43. The molecule has 0 amide bonds. The van der Waals surface area contributed by atoms with E-state index >= 15 is 0 Å². The van der Waals surface area contributed by atoms with Crippen molar-refractivity contribution in [3.63, 3.8) is 0 Å². The third kappa shape index (κ3) is 1.79. The van der Waals surface area contributed by atoms with Crippen LogP contribution in [0, 0.1) is 5.92 Å². The largest absolute Gasteiger partial charge is 0.369 e. The molecule has 1 aliphatic carbocycles. The maximum absolute atomic E-state index is 4.11. The molecule has 0 aromatic carbocycles. The third-order valence-corrected chi connectivity index (χ3v) is 3.13. The lowest BCUT2D eigenvalue weighted by atomic mass is 9.97. The quantitative estimate of drug-likeness (QED) is 0.638. The summed E-state index contributed by atoms with van der Waals surface area (Å²) in [6.07, 6.45) is 3.88. The van der Waals surface area contributed by atoms with Gasteiger partial charge >= 0.3 is 0 Å². The molecule has 1 aliphatic heterocycles. The van der Waals surface area contributed by atoms with Gasteiger partial charge in [0.15, 0.2) is 0 Å². The Morgan fingerprint density at radius 2 is 1.93 bits per heavy atom. The molecule has 1 saturated carbocycles. The van der Waals surface area contributed by atoms with E-state index in [0.29, 0.717) is 12.0 Å². The van der Waals surface area contributed by atoms with Crippen LogP contribution in [0.3, 0.4) is 0 Å². The molecule has 0 aromatic heterocycles. The van der Waals surface area contributed by atoms with Gasteiger partial charge in [0.1, 0.15) is 0 Å². The first-order chi connectivity index (χ1) is 6.70. The normalized spacial score (nSPS) is 30.4. The molecule has 1 N–H and O–H groups in total. The van der Waals surface area contributed by atoms with Crippen LogP contribution in [0.5, 0.6) is 0 Å². The minimum absolute atomic E-state index is 0.612. The Labute approximate surface area is 87.7 Å². The first kappa shape index (κ1) is 11.2. The predicted molar refractivity (Wildman–Crippen MR) is 61.7 cm³/mol. The summed E-state index contributed by atoms with van der Waals surface area (Å²) in [4.78, 5) is 2.08. The molecular weight excluding hydrogens is 172 g/mol. The van der Waals surface area contributed by atoms with Gasteiger partial charge in [0.25, 0.3) is 0 Å². The highest BCUT2D eigenvalue weighted by atomic mass is 15.3. The van der Waals surface area contributed by atoms with Gasteiger partial charge in [-0.2, -0.15) is 0 Å². The van der Waals surface area contributed by atoms with Gasteiger partial charge < -0.3 is 10.2 Å². The lowest BCUT2D eigenvalue weighted by molar-refractivity contribution is 0.296. The van der Waals surface area contributed by atoms with Gasteiger partial charge in [0.05, 0.1) is 5.82 Å². The topological polar surface area (TPSA) is 15.3 Å². The first-order valence-corrected chi connectivity index (χ1v) is 5.58. The molecule has 2 atom stereocenters. The van der Waals surface area contributed by atoms with Crippen molar-refractivity contribution in [3.05, 3.63) is 24.7 Å². The molecule has 0 spiro atoms. The van der Waals surface area contributed by atoms with Crippen LogP contribution in [-0.4, -0.2) is 18.0 Å². The van der Waals surface area contributed by atoms with Gasteiger partial charge in [0, 0.05) is 24.7 Å². The maximum atomic E-state index is 4.11. The molecule has 0 aromatic rings. The first-order valence-electron chi connectivity index (χ1n) is 5.58. The Bertz CT molecular complexity index is 232. The van der Waals surface area contributed by atoms with Gasteiger partial charge in [-0.1, -0.05) is 33.4 Å². The number of hydrogen-bond donors (Lipinski definition) is 1. The van der Waals surface area contributed by atoms with Crippen LogP contribution in [0.4, 0.5) is 0 Å². The van der Waals surface area contributed by atoms with Crippen LogP contribution in [-0.2, 0) is 0 Å². The predicted octanol–water partition coefficient (Wildman–Crippen LogP) is 2.70. The highest BCUT2D eigenvalue weighted by Gasteiger charge is 2.35. The van der Waals surface area contributed by atoms with Gasteiger partial charge in [-0.25, -0.2) is 0 Å². The molecule has 2 aliphatic rings. The SMILES string of the molecule is C=C1NC2CCCC2C(=C)N1C.CC. The molecule has 2 nitrogen and oxygen atoms in total. The Hall–Kier alpha value is -0.920. The zero-order valence-corrected chi connectivity index (χ0v) is 9.64. The molecule has 2 rings (SSSR count). The molecule has 1 heterocycles. The number of fused-ring (bicyclic) bond motifs is 1. The average Bonchev–Trinajstić information content (AvgIpc) is 2.65. The molecule has 0 bridgehead atoms. The van der Waals surface area contributed by atoms with Crippen molar-refractivity contribution < 1.29 is 0 Å². The Balaban J connectivity index is 0.000000461. The van der Waals surface area contributed by atoms with Crippen molar-refractivity contribution in [2.75, 3.05) is 7.05 Å². The minimum Gasteiger partial charge on any atom is -0.369 e. The van der Waals surface area contributed by atoms with Crippen molar-refractivity contribution >= 4 is 0 Å². The summed E-state index contributed by atoms with van der Waals surface area (Å²) < 4.78 is 0. The fraction of sp³-hybridized carbons (Fsp3) is 0.667. The van der Waals surface area contributed by atoms with Gasteiger partial charge in [-0.05, 0) is 12.8 Å². The number of hydrogen-bond acceptors (Lipinski definition) is 2. The highest BCUT2D eigenvalue weighted by molar-refractivity contribution is 5.18. The van der Waals surface area contributed by atoms with Crippen molar-refractivity contribution in [2.24, 2.45) is 5.92 Å². The number of rotatable bonds is 0. The van der Waals surface area contributed by atoms with Gasteiger partial charge in [-0.3, -0.25) is 0 Å². The van der Waals surface area contributed by atoms with E-state index in [2.05, 4.69) is 23.4 Å². The molecule has 14 heavy (non-hydrogen) atoms. The van der Waals surface area contributed by atoms with E-state index in [1.165, 1.54) is 25.0 Å². The van der Waals surface area contributed by atoms with Crippen LogP contribution in [0.1, 0.15) is 33.1 Å². The monoisotopic (exact) mass is 194 g/mol. The summed E-state index contributed by atoms with van der Waals surface area (Å²) in [6, 6.07) is 0.612. The number of nitrogens with one attached hydrogen (secondary N) is 1. The van der Waals surface area contributed by atoms with E-state index in [1.807, 2.05) is 20.9 Å². The molecular formula is C12H22N2. The van der Waals surface area contributed by atoms with E-state index in [-0.39, 0.29) is 0 Å². The Morgan fingerprint density at radius 3 is 2.57 bits per heavy atom. The summed E-state index contributed by atoms with van der Waals surface area (Å²) in [6.45, 7) is 12.1. The molecule has 1 saturated heterocycles. The minimum atomic E-state index is 0.612.